The van der Waals surface area contributed by atoms with Crippen molar-refractivity contribution in [3.63, 3.8) is 0 Å². The van der Waals surface area contributed by atoms with Crippen molar-refractivity contribution in [1.82, 2.24) is 9.03 Å². The highest BCUT2D eigenvalue weighted by Gasteiger charge is 2.14. The van der Waals surface area contributed by atoms with Crippen LogP contribution in [0.4, 0.5) is 5.69 Å². The Morgan fingerprint density at radius 1 is 1.21 bits per heavy atom. The number of rotatable bonds is 6. The molecule has 0 aromatic heterocycles. The Kier molecular flexibility index (Phi) is 5.46. The highest BCUT2D eigenvalue weighted by molar-refractivity contribution is 7.87. The monoisotopic (exact) mass is 285 g/mol. The fraction of sp³-hybridized carbons (Fsp3) is 0.417. The van der Waals surface area contributed by atoms with Crippen molar-refractivity contribution in [3.8, 4) is 0 Å². The van der Waals surface area contributed by atoms with Gasteiger partial charge in [-0.25, -0.2) is 0 Å². The van der Waals surface area contributed by atoms with E-state index in [1.807, 2.05) is 19.1 Å². The number of benzene rings is 1. The van der Waals surface area contributed by atoms with Gasteiger partial charge in [0, 0.05) is 19.8 Å². The average Bonchev–Trinajstić information content (AvgIpc) is 2.37. The topological polar surface area (TPSA) is 78.5 Å². The van der Waals surface area contributed by atoms with Crippen LogP contribution in [0.15, 0.2) is 24.3 Å². The molecule has 0 radical (unpaired) electrons. The van der Waals surface area contributed by atoms with Gasteiger partial charge < -0.3 is 5.32 Å². The first-order valence-corrected chi connectivity index (χ1v) is 7.35. The predicted octanol–water partition coefficient (Wildman–Crippen LogP) is 0.584. The molecule has 0 fully saturated rings. The molecule has 0 atom stereocenters. The van der Waals surface area contributed by atoms with Gasteiger partial charge in [-0.2, -0.15) is 17.4 Å². The van der Waals surface area contributed by atoms with E-state index >= 15 is 0 Å². The first-order chi connectivity index (χ1) is 8.85. The number of nitrogens with zero attached hydrogens (tertiary/aromatic N) is 1. The summed E-state index contributed by atoms with van der Waals surface area (Å²) in [4.78, 5) is 11.6. The lowest BCUT2D eigenvalue weighted by Gasteiger charge is -2.12. The van der Waals surface area contributed by atoms with Crippen molar-refractivity contribution >= 4 is 21.8 Å². The second-order valence-corrected chi connectivity index (χ2v) is 6.18. The Morgan fingerprint density at radius 3 is 2.26 bits per heavy atom. The molecule has 1 rings (SSSR count). The highest BCUT2D eigenvalue weighted by atomic mass is 32.2. The zero-order valence-electron chi connectivity index (χ0n) is 11.3. The maximum atomic E-state index is 11.6. The lowest BCUT2D eigenvalue weighted by Crippen LogP contribution is -2.40. The Balaban J connectivity index is 2.51. The SMILES string of the molecule is CCc1ccc(NC(=O)CNS(=O)(=O)N(C)C)cc1. The summed E-state index contributed by atoms with van der Waals surface area (Å²) < 4.78 is 26.0. The fourth-order valence-electron chi connectivity index (χ4n) is 1.31. The number of carbonyl (C=O) groups excluding carboxylic acids is 1. The Labute approximate surface area is 114 Å². The molecule has 0 saturated carbocycles. The van der Waals surface area contributed by atoms with Crippen LogP contribution in [0.2, 0.25) is 0 Å². The van der Waals surface area contributed by atoms with Crippen molar-refractivity contribution in [3.05, 3.63) is 29.8 Å². The number of aryl methyl sites for hydroxylation is 1. The number of anilines is 1. The van der Waals surface area contributed by atoms with Crippen LogP contribution >= 0.6 is 0 Å². The number of hydrogen-bond acceptors (Lipinski definition) is 3. The van der Waals surface area contributed by atoms with Crippen molar-refractivity contribution in [2.75, 3.05) is 26.0 Å². The van der Waals surface area contributed by atoms with Gasteiger partial charge in [-0.3, -0.25) is 4.79 Å². The second-order valence-electron chi connectivity index (χ2n) is 4.21. The summed E-state index contributed by atoms with van der Waals surface area (Å²) in [5.41, 5.74) is 1.82. The molecule has 0 spiro atoms. The van der Waals surface area contributed by atoms with E-state index in [4.69, 9.17) is 0 Å². The lowest BCUT2D eigenvalue weighted by molar-refractivity contribution is -0.115. The molecule has 7 heteroatoms. The van der Waals surface area contributed by atoms with E-state index in [2.05, 4.69) is 10.0 Å². The van der Waals surface area contributed by atoms with Gasteiger partial charge in [-0.15, -0.1) is 0 Å². The largest absolute Gasteiger partial charge is 0.325 e. The van der Waals surface area contributed by atoms with Crippen LogP contribution in [0.3, 0.4) is 0 Å². The molecule has 6 nitrogen and oxygen atoms in total. The van der Waals surface area contributed by atoms with Crippen LogP contribution in [0, 0.1) is 0 Å². The summed E-state index contributed by atoms with van der Waals surface area (Å²) in [7, 11) is -0.789. The number of hydrogen-bond donors (Lipinski definition) is 2. The van der Waals surface area contributed by atoms with E-state index in [-0.39, 0.29) is 6.54 Å². The Bertz CT molecular complexity index is 524. The molecule has 1 aromatic carbocycles. The van der Waals surface area contributed by atoms with Gasteiger partial charge in [0.25, 0.3) is 10.2 Å². The molecule has 2 N–H and O–H groups in total. The highest BCUT2D eigenvalue weighted by Crippen LogP contribution is 2.09. The molecule has 0 aliphatic heterocycles. The third-order valence-corrected chi connectivity index (χ3v) is 4.01. The van der Waals surface area contributed by atoms with E-state index in [1.54, 1.807) is 12.1 Å². The van der Waals surface area contributed by atoms with Crippen LogP contribution in [-0.2, 0) is 21.4 Å². The van der Waals surface area contributed by atoms with E-state index in [9.17, 15) is 13.2 Å². The Hall–Kier alpha value is -1.44. The summed E-state index contributed by atoms with van der Waals surface area (Å²) in [6.45, 7) is 1.75. The van der Waals surface area contributed by atoms with Gasteiger partial charge in [-0.05, 0) is 24.1 Å². The van der Waals surface area contributed by atoms with Crippen molar-refractivity contribution in [2.24, 2.45) is 0 Å². The molecular weight excluding hydrogens is 266 g/mol. The van der Waals surface area contributed by atoms with Crippen LogP contribution in [0.1, 0.15) is 12.5 Å². The predicted molar refractivity (Wildman–Crippen MR) is 75.1 cm³/mol. The zero-order valence-corrected chi connectivity index (χ0v) is 12.1. The molecule has 19 heavy (non-hydrogen) atoms. The van der Waals surface area contributed by atoms with E-state index < -0.39 is 16.1 Å². The average molecular weight is 285 g/mol. The zero-order chi connectivity index (χ0) is 14.5. The second kappa shape index (κ2) is 6.65. The van der Waals surface area contributed by atoms with Crippen molar-refractivity contribution in [1.29, 1.82) is 0 Å². The maximum absolute atomic E-state index is 11.6. The van der Waals surface area contributed by atoms with Gasteiger partial charge >= 0.3 is 0 Å². The third-order valence-electron chi connectivity index (χ3n) is 2.54. The number of amides is 1. The van der Waals surface area contributed by atoms with Gasteiger partial charge in [0.1, 0.15) is 0 Å². The smallest absolute Gasteiger partial charge is 0.279 e. The number of carbonyl (C=O) groups is 1. The molecule has 0 unspecified atom stereocenters. The molecule has 0 bridgehead atoms. The van der Waals surface area contributed by atoms with Crippen molar-refractivity contribution < 1.29 is 13.2 Å². The standard InChI is InChI=1S/C12H19N3O3S/c1-4-10-5-7-11(8-6-10)14-12(16)9-13-19(17,18)15(2)3/h5-8,13H,4,9H2,1-3H3,(H,14,16). The quantitative estimate of drug-likeness (QED) is 0.802. The van der Waals surface area contributed by atoms with Crippen LogP contribution in [-0.4, -0.2) is 39.3 Å². The summed E-state index contributed by atoms with van der Waals surface area (Å²) in [6.07, 6.45) is 0.927. The lowest BCUT2D eigenvalue weighted by atomic mass is 10.1. The van der Waals surface area contributed by atoms with Crippen LogP contribution < -0.4 is 10.0 Å². The minimum atomic E-state index is -3.57. The van der Waals surface area contributed by atoms with Gasteiger partial charge in [0.2, 0.25) is 5.91 Å². The Morgan fingerprint density at radius 2 is 1.79 bits per heavy atom. The normalized spacial score (nSPS) is 11.6. The first kappa shape index (κ1) is 15.6. The summed E-state index contributed by atoms with van der Waals surface area (Å²) >= 11 is 0. The van der Waals surface area contributed by atoms with Crippen molar-refractivity contribution in [2.45, 2.75) is 13.3 Å². The molecule has 1 amide bonds. The molecular formula is C12H19N3O3S. The number of nitrogens with one attached hydrogen (secondary N) is 2. The fourth-order valence-corrected chi connectivity index (χ4v) is 1.89. The maximum Gasteiger partial charge on any atom is 0.279 e. The minimum absolute atomic E-state index is 0.296. The summed E-state index contributed by atoms with van der Waals surface area (Å²) in [5, 5.41) is 2.62. The summed E-state index contributed by atoms with van der Waals surface area (Å²) in [6, 6.07) is 7.41. The first-order valence-electron chi connectivity index (χ1n) is 5.91. The van der Waals surface area contributed by atoms with E-state index in [0.29, 0.717) is 5.69 Å². The molecule has 106 valence electrons. The van der Waals surface area contributed by atoms with Gasteiger partial charge in [-0.1, -0.05) is 19.1 Å². The summed E-state index contributed by atoms with van der Waals surface area (Å²) in [5.74, 6) is -0.408. The molecule has 0 saturated heterocycles. The van der Waals surface area contributed by atoms with Crippen LogP contribution in [0.5, 0.6) is 0 Å². The van der Waals surface area contributed by atoms with Gasteiger partial charge in [0.05, 0.1) is 6.54 Å². The molecule has 0 heterocycles. The molecule has 0 aliphatic rings. The van der Waals surface area contributed by atoms with Crippen LogP contribution in [0.25, 0.3) is 0 Å². The minimum Gasteiger partial charge on any atom is -0.325 e. The molecule has 1 aromatic rings. The van der Waals surface area contributed by atoms with Gasteiger partial charge in [0.15, 0.2) is 0 Å². The molecule has 0 aliphatic carbocycles. The third kappa shape index (κ3) is 4.98. The van der Waals surface area contributed by atoms with E-state index in [1.165, 1.54) is 19.7 Å². The van der Waals surface area contributed by atoms with E-state index in [0.717, 1.165) is 10.7 Å².